The van der Waals surface area contributed by atoms with Crippen LogP contribution in [0.3, 0.4) is 0 Å². The Kier molecular flexibility index (Phi) is 6.61. The number of nitrogens with one attached hydrogen (secondary N) is 1. The highest BCUT2D eigenvalue weighted by molar-refractivity contribution is 7.89. The molecule has 0 aliphatic carbocycles. The number of alkyl halides is 3. The van der Waals surface area contributed by atoms with Crippen molar-refractivity contribution in [3.8, 4) is 17.0 Å². The van der Waals surface area contributed by atoms with Gasteiger partial charge in [-0.15, -0.1) is 0 Å². The predicted molar refractivity (Wildman–Crippen MR) is 131 cm³/mol. The number of carbonyl (C=O) groups excluding carboxylic acids is 1. The summed E-state index contributed by atoms with van der Waals surface area (Å²) in [6.07, 6.45) is -2.35. The molecule has 0 radical (unpaired) electrons. The minimum absolute atomic E-state index is 0.0186. The lowest BCUT2D eigenvalue weighted by Crippen LogP contribution is -2.45. The number of pyridine rings is 1. The summed E-state index contributed by atoms with van der Waals surface area (Å²) in [5.41, 5.74) is 0.329. The van der Waals surface area contributed by atoms with E-state index in [-0.39, 0.29) is 29.4 Å². The Morgan fingerprint density at radius 2 is 1.92 bits per heavy atom. The Morgan fingerprint density at radius 1 is 1.13 bits per heavy atom. The Bertz CT molecular complexity index is 1580. The highest BCUT2D eigenvalue weighted by Crippen LogP contribution is 2.36. The molecule has 12 heteroatoms. The van der Waals surface area contributed by atoms with Crippen LogP contribution >= 0.6 is 0 Å². The van der Waals surface area contributed by atoms with Gasteiger partial charge in [0.25, 0.3) is 10.0 Å². The summed E-state index contributed by atoms with van der Waals surface area (Å²) in [5.74, 6) is -1.07. The molecule has 0 spiro atoms. The largest absolute Gasteiger partial charge is 0.507 e. The number of phenols is 1. The van der Waals surface area contributed by atoms with Crippen molar-refractivity contribution in [2.75, 3.05) is 6.54 Å². The molecular formula is C26H22F3N3O5S. The van der Waals surface area contributed by atoms with E-state index in [4.69, 9.17) is 4.42 Å². The Hall–Kier alpha value is -3.90. The van der Waals surface area contributed by atoms with Gasteiger partial charge in [-0.2, -0.15) is 17.5 Å². The standard InChI is InChI=1S/C26H22F3N3O5S/c27-26(28,29)18-7-8-19(22(33)14-18)20-12-16(9-10-30-20)15-31-25(34)21-5-3-11-32(21)38(35,36)24-13-17-4-1-2-6-23(17)37-24/h1-2,4,6-10,12-14,21,33H,3,5,11,15H2,(H,31,34). The molecule has 8 nitrogen and oxygen atoms in total. The molecule has 2 N–H and O–H groups in total. The number of carbonyl (C=O) groups is 1. The smallest absolute Gasteiger partial charge is 0.416 e. The van der Waals surface area contributed by atoms with Gasteiger partial charge in [0.2, 0.25) is 11.0 Å². The molecule has 1 saturated heterocycles. The molecular weight excluding hydrogens is 523 g/mol. The van der Waals surface area contributed by atoms with Crippen LogP contribution in [0.5, 0.6) is 5.75 Å². The predicted octanol–water partition coefficient (Wildman–Crippen LogP) is 4.69. The highest BCUT2D eigenvalue weighted by Gasteiger charge is 2.41. The second-order valence-electron chi connectivity index (χ2n) is 8.87. The maximum Gasteiger partial charge on any atom is 0.416 e. The molecule has 1 amide bonds. The number of aromatic hydroxyl groups is 1. The van der Waals surface area contributed by atoms with Crippen LogP contribution < -0.4 is 5.32 Å². The first-order valence-corrected chi connectivity index (χ1v) is 13.1. The van der Waals surface area contributed by atoms with Gasteiger partial charge in [-0.05, 0) is 54.8 Å². The summed E-state index contributed by atoms with van der Waals surface area (Å²) in [6, 6.07) is 13.1. The van der Waals surface area contributed by atoms with E-state index in [1.165, 1.54) is 18.3 Å². The average Bonchev–Trinajstić information content (AvgIpc) is 3.55. The van der Waals surface area contributed by atoms with Crippen molar-refractivity contribution in [2.45, 2.75) is 36.7 Å². The number of fused-ring (bicyclic) bond motifs is 1. The van der Waals surface area contributed by atoms with Gasteiger partial charge in [0.05, 0.1) is 11.3 Å². The van der Waals surface area contributed by atoms with Crippen LogP contribution in [0.1, 0.15) is 24.0 Å². The number of para-hydroxylation sites is 1. The maximum atomic E-state index is 13.3. The average molecular weight is 546 g/mol. The fourth-order valence-electron chi connectivity index (χ4n) is 4.45. The summed E-state index contributed by atoms with van der Waals surface area (Å²) in [4.78, 5) is 17.1. The highest BCUT2D eigenvalue weighted by atomic mass is 32.2. The molecule has 2 aromatic heterocycles. The lowest BCUT2D eigenvalue weighted by molar-refractivity contribution is -0.137. The number of hydrogen-bond donors (Lipinski definition) is 2. The summed E-state index contributed by atoms with van der Waals surface area (Å²) in [5, 5.41) is 13.3. The van der Waals surface area contributed by atoms with Gasteiger partial charge in [0, 0.05) is 36.3 Å². The number of nitrogens with zero attached hydrogens (tertiary/aromatic N) is 2. The van der Waals surface area contributed by atoms with Gasteiger partial charge in [-0.3, -0.25) is 9.78 Å². The minimum atomic E-state index is -4.60. The summed E-state index contributed by atoms with van der Waals surface area (Å²) < 4.78 is 71.9. The van der Waals surface area contributed by atoms with Crippen molar-refractivity contribution in [3.05, 3.63) is 78.0 Å². The van der Waals surface area contributed by atoms with Gasteiger partial charge >= 0.3 is 6.18 Å². The van der Waals surface area contributed by atoms with Crippen molar-refractivity contribution < 1.29 is 35.9 Å². The molecule has 38 heavy (non-hydrogen) atoms. The van der Waals surface area contributed by atoms with E-state index in [1.54, 1.807) is 30.3 Å². The number of halogens is 3. The van der Waals surface area contributed by atoms with Crippen molar-refractivity contribution >= 4 is 26.9 Å². The summed E-state index contributed by atoms with van der Waals surface area (Å²) in [7, 11) is -4.05. The first-order chi connectivity index (χ1) is 18.0. The molecule has 1 atom stereocenters. The van der Waals surface area contributed by atoms with E-state index in [2.05, 4.69) is 10.3 Å². The quantitative estimate of drug-likeness (QED) is 0.364. The number of amides is 1. The zero-order valence-corrected chi connectivity index (χ0v) is 20.6. The molecule has 2 aromatic carbocycles. The van der Waals surface area contributed by atoms with Crippen LogP contribution in [0.25, 0.3) is 22.2 Å². The second kappa shape index (κ2) is 9.76. The number of hydrogen-bond acceptors (Lipinski definition) is 6. The maximum absolute atomic E-state index is 13.3. The van der Waals surface area contributed by atoms with Crippen LogP contribution in [-0.4, -0.2) is 41.3 Å². The number of benzene rings is 2. The first-order valence-electron chi connectivity index (χ1n) is 11.7. The summed E-state index contributed by atoms with van der Waals surface area (Å²) >= 11 is 0. The number of phenolic OH excluding ortho intramolecular Hbond substituents is 1. The first kappa shape index (κ1) is 25.7. The Balaban J connectivity index is 1.30. The topological polar surface area (TPSA) is 113 Å². The molecule has 198 valence electrons. The van der Waals surface area contributed by atoms with Gasteiger partial charge in [-0.25, -0.2) is 8.42 Å². The van der Waals surface area contributed by atoms with Gasteiger partial charge in [0.1, 0.15) is 17.4 Å². The fourth-order valence-corrected chi connectivity index (χ4v) is 6.06. The molecule has 3 heterocycles. The number of sulfonamides is 1. The second-order valence-corrected chi connectivity index (χ2v) is 10.7. The molecule has 1 aliphatic heterocycles. The molecule has 5 rings (SSSR count). The third-order valence-corrected chi connectivity index (χ3v) is 8.13. The van der Waals surface area contributed by atoms with E-state index in [0.29, 0.717) is 35.4 Å². The minimum Gasteiger partial charge on any atom is -0.507 e. The zero-order valence-electron chi connectivity index (χ0n) is 19.8. The van der Waals surface area contributed by atoms with Crippen molar-refractivity contribution in [2.24, 2.45) is 0 Å². The number of rotatable bonds is 6. The molecule has 1 unspecified atom stereocenters. The van der Waals surface area contributed by atoms with Gasteiger partial charge < -0.3 is 14.8 Å². The molecule has 0 bridgehead atoms. The van der Waals surface area contributed by atoms with Crippen molar-refractivity contribution in [1.29, 1.82) is 0 Å². The van der Waals surface area contributed by atoms with Gasteiger partial charge in [-0.1, -0.05) is 18.2 Å². The fraction of sp³-hybridized carbons (Fsp3) is 0.231. The third-order valence-electron chi connectivity index (χ3n) is 6.36. The van der Waals surface area contributed by atoms with Crippen molar-refractivity contribution in [1.82, 2.24) is 14.6 Å². The number of furan rings is 1. The van der Waals surface area contributed by atoms with Crippen LogP contribution in [0, 0.1) is 0 Å². The van der Waals surface area contributed by atoms with E-state index < -0.39 is 39.5 Å². The Morgan fingerprint density at radius 3 is 2.66 bits per heavy atom. The Labute approximate surface area is 215 Å². The normalized spacial score (nSPS) is 16.7. The van der Waals surface area contributed by atoms with E-state index >= 15 is 0 Å². The monoisotopic (exact) mass is 545 g/mol. The van der Waals surface area contributed by atoms with E-state index in [9.17, 15) is 31.5 Å². The van der Waals surface area contributed by atoms with E-state index in [0.717, 1.165) is 16.4 Å². The molecule has 1 aliphatic rings. The van der Waals surface area contributed by atoms with Crippen LogP contribution in [-0.2, 0) is 27.5 Å². The van der Waals surface area contributed by atoms with Crippen molar-refractivity contribution in [3.63, 3.8) is 0 Å². The molecule has 0 saturated carbocycles. The third kappa shape index (κ3) is 4.96. The molecule has 1 fully saturated rings. The molecule has 4 aromatic rings. The lowest BCUT2D eigenvalue weighted by Gasteiger charge is -2.22. The van der Waals surface area contributed by atoms with Crippen LogP contribution in [0.15, 0.2) is 76.4 Å². The lowest BCUT2D eigenvalue weighted by atomic mass is 10.0. The zero-order chi connectivity index (χ0) is 27.1. The van der Waals surface area contributed by atoms with Crippen LogP contribution in [0.4, 0.5) is 13.2 Å². The SMILES string of the molecule is O=C(NCc1ccnc(-c2ccc(C(F)(F)F)cc2O)c1)C1CCCN1S(=O)(=O)c1cc2ccccc2o1. The van der Waals surface area contributed by atoms with E-state index in [1.807, 2.05) is 0 Å². The number of aromatic nitrogens is 1. The van der Waals surface area contributed by atoms with Gasteiger partial charge in [0.15, 0.2) is 0 Å². The van der Waals surface area contributed by atoms with Crippen LogP contribution in [0.2, 0.25) is 0 Å². The summed E-state index contributed by atoms with van der Waals surface area (Å²) in [6.45, 7) is 0.189.